The number of rotatable bonds is 6. The van der Waals surface area contributed by atoms with Crippen molar-refractivity contribution in [1.82, 2.24) is 19.9 Å². The minimum Gasteiger partial charge on any atom is -0.435 e. The number of thiazole rings is 2. The van der Waals surface area contributed by atoms with Crippen molar-refractivity contribution in [2.45, 2.75) is 0 Å². The van der Waals surface area contributed by atoms with Crippen molar-refractivity contribution in [3.8, 4) is 64.9 Å². The lowest BCUT2D eigenvalue weighted by Crippen LogP contribution is -2.03. The van der Waals surface area contributed by atoms with Crippen LogP contribution >= 0.6 is 22.7 Å². The van der Waals surface area contributed by atoms with Crippen LogP contribution in [0.2, 0.25) is 0 Å². The largest absolute Gasteiger partial charge is 0.435 e. The molecule has 6 nitrogen and oxygen atoms in total. The van der Waals surface area contributed by atoms with Gasteiger partial charge in [-0.15, -0.1) is 22.7 Å². The molecule has 0 atom stereocenters. The van der Waals surface area contributed by atoms with E-state index in [0.29, 0.717) is 53.1 Å². The van der Waals surface area contributed by atoms with E-state index >= 15 is 0 Å². The summed E-state index contributed by atoms with van der Waals surface area (Å²) in [5, 5.41) is 2.46. The summed E-state index contributed by atoms with van der Waals surface area (Å²) in [4.78, 5) is 19.1. The van der Waals surface area contributed by atoms with Crippen LogP contribution in [0.4, 0.5) is 43.9 Å². The molecule has 18 heteroatoms. The molecule has 60 heavy (non-hydrogen) atoms. The highest BCUT2D eigenvalue weighted by atomic mass is 32.1. The van der Waals surface area contributed by atoms with Crippen LogP contribution in [0.25, 0.3) is 97.9 Å². The highest BCUT2D eigenvalue weighted by molar-refractivity contribution is 7.18. The Kier molecular flexibility index (Phi) is 8.62. The number of benzene rings is 6. The standard InChI is InChI=1S/C42H14F10N4O2S2/c43-29-27(30(44)34(48)37(51)33(29)47)15-1-5-17(6-2-15)41-53-13-25(59-41)39-55-21-9-19-12-24-22(10-20(19)11-23(21)57-39)56-40(58-24)26-14-54-42(60-26)18-7-3-16(4-8-18)28-31(45)35(49)38(52)36(50)32(28)46/h1-14H. The summed E-state index contributed by atoms with van der Waals surface area (Å²) in [6.07, 6.45) is 3.06. The van der Waals surface area contributed by atoms with Crippen molar-refractivity contribution in [3.05, 3.63) is 143 Å². The molecule has 0 aliphatic heterocycles. The summed E-state index contributed by atoms with van der Waals surface area (Å²) in [7, 11) is 0. The molecule has 0 N–H and O–H groups in total. The van der Waals surface area contributed by atoms with E-state index in [0.717, 1.165) is 10.8 Å². The van der Waals surface area contributed by atoms with Crippen LogP contribution in [-0.4, -0.2) is 19.9 Å². The molecule has 0 unspecified atom stereocenters. The first-order valence-corrected chi connectivity index (χ1v) is 18.8. The molecule has 0 radical (unpaired) electrons. The number of hydrogen-bond acceptors (Lipinski definition) is 8. The normalized spacial score (nSPS) is 11.8. The van der Waals surface area contributed by atoms with Gasteiger partial charge in [-0.3, -0.25) is 0 Å². The fourth-order valence-electron chi connectivity index (χ4n) is 6.59. The highest BCUT2D eigenvalue weighted by Gasteiger charge is 2.28. The molecule has 0 saturated carbocycles. The lowest BCUT2D eigenvalue weighted by Gasteiger charge is -2.09. The molecular weight excluding hydrogens is 847 g/mol. The van der Waals surface area contributed by atoms with Gasteiger partial charge in [0.25, 0.3) is 0 Å². The predicted molar refractivity (Wildman–Crippen MR) is 203 cm³/mol. The van der Waals surface area contributed by atoms with E-state index < -0.39 is 69.3 Å². The van der Waals surface area contributed by atoms with Gasteiger partial charge in [0.15, 0.2) is 57.7 Å². The predicted octanol–water partition coefficient (Wildman–Crippen LogP) is 13.4. The highest BCUT2D eigenvalue weighted by Crippen LogP contribution is 2.40. The molecule has 10 rings (SSSR count). The molecule has 0 aliphatic carbocycles. The summed E-state index contributed by atoms with van der Waals surface area (Å²) in [5.41, 5.74) is 0.488. The molecule has 0 amide bonds. The van der Waals surface area contributed by atoms with E-state index in [1.54, 1.807) is 24.3 Å². The Bertz CT molecular complexity index is 3050. The Hall–Kier alpha value is -6.92. The van der Waals surface area contributed by atoms with Crippen molar-refractivity contribution in [3.63, 3.8) is 0 Å². The fourth-order valence-corrected chi connectivity index (χ4v) is 8.29. The lowest BCUT2D eigenvalue weighted by molar-refractivity contribution is 0.381. The Balaban J connectivity index is 0.891. The molecule has 4 aromatic heterocycles. The van der Waals surface area contributed by atoms with Gasteiger partial charge in [0.1, 0.15) is 30.8 Å². The number of nitrogens with zero attached hydrogens (tertiary/aromatic N) is 4. The molecule has 0 saturated heterocycles. The zero-order chi connectivity index (χ0) is 41.7. The maximum Gasteiger partial charge on any atom is 0.239 e. The van der Waals surface area contributed by atoms with Crippen LogP contribution < -0.4 is 0 Å². The molecule has 4 heterocycles. The van der Waals surface area contributed by atoms with Crippen molar-refractivity contribution < 1.29 is 52.7 Å². The van der Waals surface area contributed by atoms with Gasteiger partial charge >= 0.3 is 0 Å². The molecule has 6 aromatic carbocycles. The van der Waals surface area contributed by atoms with E-state index in [9.17, 15) is 43.9 Å². The maximum atomic E-state index is 14.4. The smallest absolute Gasteiger partial charge is 0.239 e. The minimum absolute atomic E-state index is 0.212. The molecule has 296 valence electrons. The average Bonchev–Trinajstić information content (AvgIpc) is 4.09. The van der Waals surface area contributed by atoms with Crippen LogP contribution in [0.15, 0.2) is 94.0 Å². The first kappa shape index (κ1) is 37.4. The van der Waals surface area contributed by atoms with E-state index in [1.807, 2.05) is 0 Å². The second kappa shape index (κ2) is 13.8. The van der Waals surface area contributed by atoms with Gasteiger partial charge in [-0.25, -0.2) is 63.8 Å². The van der Waals surface area contributed by atoms with Crippen molar-refractivity contribution in [1.29, 1.82) is 0 Å². The monoisotopic (exact) mass is 860 g/mol. The van der Waals surface area contributed by atoms with Gasteiger partial charge < -0.3 is 8.83 Å². The average molecular weight is 861 g/mol. The van der Waals surface area contributed by atoms with Gasteiger partial charge in [0.2, 0.25) is 23.4 Å². The molecule has 0 bridgehead atoms. The van der Waals surface area contributed by atoms with E-state index in [1.165, 1.54) is 83.6 Å². The number of halogens is 10. The quantitative estimate of drug-likeness (QED) is 0.0941. The molecule has 0 aliphatic rings. The SMILES string of the molecule is Fc1c(F)c(F)c(-c2ccc(-c3ncc(-c4nc5cc6cc7oc(-c8cnc(-c9ccc(-c%10c(F)c(F)c(F)c(F)c%10F)cc9)s8)nc7cc6cc5o4)s3)cc2)c(F)c1F. The fraction of sp³-hybridized carbons (Fsp3) is 0. The number of fused-ring (bicyclic) bond motifs is 3. The van der Waals surface area contributed by atoms with E-state index in [2.05, 4.69) is 19.9 Å². The van der Waals surface area contributed by atoms with Crippen LogP contribution in [0.3, 0.4) is 0 Å². The summed E-state index contributed by atoms with van der Waals surface area (Å²) >= 11 is 2.40. The van der Waals surface area contributed by atoms with E-state index in [4.69, 9.17) is 8.83 Å². The zero-order valence-electron chi connectivity index (χ0n) is 29.3. The summed E-state index contributed by atoms with van der Waals surface area (Å²) < 4.78 is 152. The topological polar surface area (TPSA) is 77.8 Å². The molecule has 0 spiro atoms. The van der Waals surface area contributed by atoms with Gasteiger partial charge in [-0.2, -0.15) is 0 Å². The van der Waals surface area contributed by atoms with Crippen molar-refractivity contribution in [2.24, 2.45) is 0 Å². The number of oxazole rings is 2. The maximum absolute atomic E-state index is 14.4. The van der Waals surface area contributed by atoms with Crippen LogP contribution in [0.1, 0.15) is 0 Å². The Labute approximate surface area is 335 Å². The third kappa shape index (κ3) is 5.92. The second-order valence-corrected chi connectivity index (χ2v) is 15.2. The van der Waals surface area contributed by atoms with Crippen LogP contribution in [0.5, 0.6) is 0 Å². The molecule has 0 fully saturated rings. The number of aromatic nitrogens is 4. The van der Waals surface area contributed by atoms with Gasteiger partial charge in [-0.05, 0) is 46.2 Å². The van der Waals surface area contributed by atoms with E-state index in [-0.39, 0.29) is 22.9 Å². The number of hydrogen-bond donors (Lipinski definition) is 0. The third-order valence-electron chi connectivity index (χ3n) is 9.55. The van der Waals surface area contributed by atoms with Crippen molar-refractivity contribution in [2.75, 3.05) is 0 Å². The molecular formula is C42H14F10N4O2S2. The van der Waals surface area contributed by atoms with Gasteiger partial charge in [0, 0.05) is 11.1 Å². The molecule has 10 aromatic rings. The second-order valence-electron chi connectivity index (χ2n) is 13.1. The third-order valence-corrected chi connectivity index (χ3v) is 11.6. The summed E-state index contributed by atoms with van der Waals surface area (Å²) in [6.45, 7) is 0. The van der Waals surface area contributed by atoms with Crippen LogP contribution in [0, 0.1) is 58.2 Å². The Morgan fingerprint density at radius 1 is 0.383 bits per heavy atom. The Morgan fingerprint density at radius 2 is 0.700 bits per heavy atom. The summed E-state index contributed by atoms with van der Waals surface area (Å²) in [5.74, 6) is -19.8. The first-order valence-electron chi connectivity index (χ1n) is 17.2. The van der Waals surface area contributed by atoms with Crippen molar-refractivity contribution >= 4 is 55.6 Å². The van der Waals surface area contributed by atoms with Gasteiger partial charge in [0.05, 0.1) is 23.5 Å². The lowest BCUT2D eigenvalue weighted by atomic mass is 10.0. The van der Waals surface area contributed by atoms with Gasteiger partial charge in [-0.1, -0.05) is 48.5 Å². The first-order chi connectivity index (χ1) is 28.8. The summed E-state index contributed by atoms with van der Waals surface area (Å²) in [6, 6.07) is 17.9. The minimum atomic E-state index is -2.24. The Morgan fingerprint density at radius 3 is 1.05 bits per heavy atom. The van der Waals surface area contributed by atoms with Crippen LogP contribution in [-0.2, 0) is 0 Å². The zero-order valence-corrected chi connectivity index (χ0v) is 30.9.